The van der Waals surface area contributed by atoms with Gasteiger partial charge in [0.15, 0.2) is 0 Å². The average molecular weight is 137 g/mol. The molecule has 52 valence electrons. The molecule has 1 aliphatic heterocycles. The highest BCUT2D eigenvalue weighted by Crippen LogP contribution is 2.15. The predicted molar refractivity (Wildman–Crippen MR) is 36.3 cm³/mol. The smallest absolute Gasteiger partial charge is 0.230 e. The molecule has 1 aliphatic rings. The van der Waals surface area contributed by atoms with Gasteiger partial charge in [-0.15, -0.1) is 0 Å². The maximum absolute atomic E-state index is 10.9. The number of ketones is 1. The van der Waals surface area contributed by atoms with Crippen molar-refractivity contribution in [1.29, 1.82) is 0 Å². The molecule has 1 fully saturated rings. The first-order valence-corrected chi connectivity index (χ1v) is 3.19. The van der Waals surface area contributed by atoms with Gasteiger partial charge in [0.25, 0.3) is 0 Å². The standard InChI is InChI=1S/C6H8BNO2/c1-4(9)5-2-3-8(7)6(5)10/h5H,2-3H2,1H3. The van der Waals surface area contributed by atoms with Gasteiger partial charge in [-0.05, 0) is 13.3 Å². The number of amides is 1. The van der Waals surface area contributed by atoms with E-state index in [1.54, 1.807) is 0 Å². The number of hydrogen-bond acceptors (Lipinski definition) is 2. The van der Waals surface area contributed by atoms with Crippen molar-refractivity contribution >= 4 is 19.7 Å². The van der Waals surface area contributed by atoms with Gasteiger partial charge >= 0.3 is 0 Å². The molecule has 0 saturated carbocycles. The van der Waals surface area contributed by atoms with E-state index in [0.29, 0.717) is 13.0 Å². The SMILES string of the molecule is [B]N1CCC(C(C)=O)C1=O. The van der Waals surface area contributed by atoms with Crippen molar-refractivity contribution in [1.82, 2.24) is 4.81 Å². The summed E-state index contributed by atoms with van der Waals surface area (Å²) in [5, 5.41) is 0. The van der Waals surface area contributed by atoms with Crippen LogP contribution in [0.25, 0.3) is 0 Å². The number of Topliss-reactive ketones (excluding diaryl/α,β-unsaturated/α-hetero) is 1. The van der Waals surface area contributed by atoms with Crippen LogP contribution in [0.2, 0.25) is 0 Å². The molecule has 1 amide bonds. The van der Waals surface area contributed by atoms with Crippen molar-refractivity contribution in [2.75, 3.05) is 6.54 Å². The second-order valence-electron chi connectivity index (χ2n) is 2.48. The molecular formula is C6H8BNO2. The quantitative estimate of drug-likeness (QED) is 0.361. The Labute approximate surface area is 60.8 Å². The Bertz CT molecular complexity index is 181. The fourth-order valence-electron chi connectivity index (χ4n) is 1.08. The first-order valence-electron chi connectivity index (χ1n) is 3.19. The van der Waals surface area contributed by atoms with E-state index in [0.717, 1.165) is 4.81 Å². The normalized spacial score (nSPS) is 25.5. The minimum absolute atomic E-state index is 0.0852. The molecule has 0 aromatic heterocycles. The van der Waals surface area contributed by atoms with Gasteiger partial charge in [-0.1, -0.05) is 0 Å². The summed E-state index contributed by atoms with van der Waals surface area (Å²) < 4.78 is 0. The van der Waals surface area contributed by atoms with Crippen molar-refractivity contribution in [3.8, 4) is 0 Å². The van der Waals surface area contributed by atoms with E-state index in [2.05, 4.69) is 0 Å². The molecule has 1 rings (SSSR count). The van der Waals surface area contributed by atoms with Crippen molar-refractivity contribution < 1.29 is 9.59 Å². The second-order valence-corrected chi connectivity index (χ2v) is 2.48. The van der Waals surface area contributed by atoms with Crippen LogP contribution < -0.4 is 0 Å². The summed E-state index contributed by atoms with van der Waals surface area (Å²) in [6, 6.07) is 0. The first kappa shape index (κ1) is 7.31. The zero-order valence-electron chi connectivity index (χ0n) is 5.83. The molecule has 4 heteroatoms. The summed E-state index contributed by atoms with van der Waals surface area (Å²) in [7, 11) is 5.24. The van der Waals surface area contributed by atoms with Gasteiger partial charge in [0, 0.05) is 6.54 Å². The molecule has 1 atom stereocenters. The van der Waals surface area contributed by atoms with Gasteiger partial charge in [0.05, 0.1) is 5.92 Å². The molecule has 0 bridgehead atoms. The minimum atomic E-state index is -0.468. The molecule has 1 unspecified atom stereocenters. The molecule has 10 heavy (non-hydrogen) atoms. The third-order valence-corrected chi connectivity index (χ3v) is 1.73. The molecule has 0 aromatic rings. The van der Waals surface area contributed by atoms with Crippen LogP contribution in [0.15, 0.2) is 0 Å². The van der Waals surface area contributed by atoms with Gasteiger partial charge in [0.2, 0.25) is 13.9 Å². The third kappa shape index (κ3) is 1.06. The van der Waals surface area contributed by atoms with E-state index in [1.807, 2.05) is 0 Å². The topological polar surface area (TPSA) is 37.4 Å². The van der Waals surface area contributed by atoms with Crippen molar-refractivity contribution in [2.45, 2.75) is 13.3 Å². The van der Waals surface area contributed by atoms with E-state index in [4.69, 9.17) is 7.98 Å². The molecular weight excluding hydrogens is 129 g/mol. The number of carbonyl (C=O) groups excluding carboxylic acids is 2. The monoisotopic (exact) mass is 137 g/mol. The summed E-state index contributed by atoms with van der Waals surface area (Å²) in [5.41, 5.74) is 0. The van der Waals surface area contributed by atoms with Gasteiger partial charge < -0.3 is 4.81 Å². The fourth-order valence-corrected chi connectivity index (χ4v) is 1.08. The molecule has 0 N–H and O–H groups in total. The molecule has 0 aliphatic carbocycles. The van der Waals surface area contributed by atoms with Crippen LogP contribution >= 0.6 is 0 Å². The van der Waals surface area contributed by atoms with Gasteiger partial charge in [-0.2, -0.15) is 0 Å². The summed E-state index contributed by atoms with van der Waals surface area (Å²) in [6.07, 6.45) is 0.574. The van der Waals surface area contributed by atoms with E-state index in [1.165, 1.54) is 6.92 Å². The molecule has 1 saturated heterocycles. The van der Waals surface area contributed by atoms with Crippen LogP contribution in [0.4, 0.5) is 0 Å². The maximum Gasteiger partial charge on any atom is 0.230 e. The Morgan fingerprint density at radius 2 is 2.40 bits per heavy atom. The molecule has 2 radical (unpaired) electrons. The van der Waals surface area contributed by atoms with Crippen LogP contribution in [-0.2, 0) is 9.59 Å². The largest absolute Gasteiger partial charge is 0.396 e. The van der Waals surface area contributed by atoms with E-state index in [-0.39, 0.29) is 11.7 Å². The number of nitrogens with zero attached hydrogens (tertiary/aromatic N) is 1. The van der Waals surface area contributed by atoms with Crippen LogP contribution in [0, 0.1) is 5.92 Å². The Balaban J connectivity index is 2.66. The Hall–Kier alpha value is -0.795. The third-order valence-electron chi connectivity index (χ3n) is 1.73. The summed E-state index contributed by atoms with van der Waals surface area (Å²) >= 11 is 0. The van der Waals surface area contributed by atoms with Crippen LogP contribution in [0.3, 0.4) is 0 Å². The van der Waals surface area contributed by atoms with Crippen LogP contribution in [0.1, 0.15) is 13.3 Å². The maximum atomic E-state index is 10.9. The minimum Gasteiger partial charge on any atom is -0.396 e. The molecule has 3 nitrogen and oxygen atoms in total. The van der Waals surface area contributed by atoms with Gasteiger partial charge in [-0.3, -0.25) is 9.59 Å². The lowest BCUT2D eigenvalue weighted by molar-refractivity contribution is -0.133. The van der Waals surface area contributed by atoms with E-state index >= 15 is 0 Å². The molecule has 0 spiro atoms. The van der Waals surface area contributed by atoms with Crippen LogP contribution in [0.5, 0.6) is 0 Å². The number of carbonyl (C=O) groups is 2. The zero-order chi connectivity index (χ0) is 7.72. The fraction of sp³-hybridized carbons (Fsp3) is 0.667. The zero-order valence-corrected chi connectivity index (χ0v) is 5.83. The Morgan fingerprint density at radius 3 is 2.60 bits per heavy atom. The highest BCUT2D eigenvalue weighted by Gasteiger charge is 2.31. The highest BCUT2D eigenvalue weighted by atomic mass is 16.2. The molecule has 1 heterocycles. The lowest BCUT2D eigenvalue weighted by Gasteiger charge is -2.07. The van der Waals surface area contributed by atoms with Crippen LogP contribution in [-0.4, -0.2) is 31.0 Å². The Kier molecular flexibility index (Phi) is 1.79. The second kappa shape index (κ2) is 2.44. The van der Waals surface area contributed by atoms with Crippen molar-refractivity contribution in [2.24, 2.45) is 5.92 Å². The van der Waals surface area contributed by atoms with Crippen molar-refractivity contribution in [3.05, 3.63) is 0 Å². The Morgan fingerprint density at radius 1 is 1.80 bits per heavy atom. The number of rotatable bonds is 1. The summed E-state index contributed by atoms with van der Waals surface area (Å²) in [4.78, 5) is 22.7. The highest BCUT2D eigenvalue weighted by molar-refractivity contribution is 6.18. The lowest BCUT2D eigenvalue weighted by Crippen LogP contribution is -2.26. The first-order chi connectivity index (χ1) is 4.63. The molecule has 0 aromatic carbocycles. The summed E-state index contributed by atoms with van der Waals surface area (Å²) in [6.45, 7) is 1.92. The van der Waals surface area contributed by atoms with Gasteiger partial charge in [-0.25, -0.2) is 0 Å². The lowest BCUT2D eigenvalue weighted by atomic mass is 10.0. The summed E-state index contributed by atoms with van der Waals surface area (Å²) in [5.74, 6) is -0.796. The van der Waals surface area contributed by atoms with Gasteiger partial charge in [0.1, 0.15) is 5.78 Å². The van der Waals surface area contributed by atoms with E-state index in [9.17, 15) is 9.59 Å². The predicted octanol–water partition coefficient (Wildman–Crippen LogP) is -0.493. The average Bonchev–Trinajstić information content (AvgIpc) is 2.14. The number of hydrogen-bond donors (Lipinski definition) is 0. The van der Waals surface area contributed by atoms with Crippen molar-refractivity contribution in [3.63, 3.8) is 0 Å². The van der Waals surface area contributed by atoms with E-state index < -0.39 is 5.92 Å².